The van der Waals surface area contributed by atoms with E-state index in [0.717, 1.165) is 6.04 Å². The molecule has 0 radical (unpaired) electrons. The van der Waals surface area contributed by atoms with Crippen LogP contribution in [0.2, 0.25) is 25.7 Å². The molecule has 160 valence electrons. The molecule has 2 rings (SSSR count). The molecular weight excluding hydrogens is 452 g/mol. The van der Waals surface area contributed by atoms with E-state index in [0.29, 0.717) is 46.2 Å². The smallest absolute Gasteiger partial charge is 0.340 e. The van der Waals surface area contributed by atoms with Crippen LogP contribution in [0.4, 0.5) is 0 Å². The molecule has 0 unspecified atom stereocenters. The zero-order valence-electron chi connectivity index (χ0n) is 18.0. The van der Waals surface area contributed by atoms with Crippen molar-refractivity contribution in [3.63, 3.8) is 0 Å². The van der Waals surface area contributed by atoms with Gasteiger partial charge in [0.25, 0.3) is 5.56 Å². The second-order valence-electron chi connectivity index (χ2n) is 8.23. The Bertz CT molecular complexity index is 956. The number of allylic oxidation sites excluding steroid dienone is 1. The van der Waals surface area contributed by atoms with Gasteiger partial charge in [-0.2, -0.15) is 0 Å². The van der Waals surface area contributed by atoms with Crippen LogP contribution in [0.5, 0.6) is 0 Å². The van der Waals surface area contributed by atoms with Crippen LogP contribution in [0.25, 0.3) is 10.9 Å². The molecule has 2 aromatic rings. The Kier molecular flexibility index (Phi) is 8.07. The molecule has 0 aliphatic carbocycles. The minimum atomic E-state index is -1.22. The highest BCUT2D eigenvalue weighted by atomic mass is 79.9. The lowest BCUT2D eigenvalue weighted by molar-refractivity contribution is 0.0525. The summed E-state index contributed by atoms with van der Waals surface area (Å²) in [6.45, 7) is 15.8. The van der Waals surface area contributed by atoms with Crippen LogP contribution in [-0.2, 0) is 22.7 Å². The lowest BCUT2D eigenvalue weighted by Gasteiger charge is -2.16. The minimum absolute atomic E-state index is 0.155. The Morgan fingerprint density at radius 1 is 1.34 bits per heavy atom. The molecule has 0 N–H and O–H groups in total. The highest BCUT2D eigenvalue weighted by Gasteiger charge is 2.26. The van der Waals surface area contributed by atoms with Crippen LogP contribution in [0.1, 0.15) is 29.4 Å². The van der Waals surface area contributed by atoms with Crippen molar-refractivity contribution in [2.45, 2.75) is 59.2 Å². The Morgan fingerprint density at radius 3 is 2.62 bits per heavy atom. The zero-order chi connectivity index (χ0) is 21.8. The average molecular weight is 483 g/mol. The van der Waals surface area contributed by atoms with Crippen molar-refractivity contribution < 1.29 is 14.3 Å². The van der Waals surface area contributed by atoms with Gasteiger partial charge in [0.05, 0.1) is 12.2 Å². The van der Waals surface area contributed by atoms with E-state index in [1.165, 1.54) is 0 Å². The number of nitrogens with zero attached hydrogens (tertiary/aromatic N) is 2. The van der Waals surface area contributed by atoms with Crippen LogP contribution < -0.4 is 5.56 Å². The number of esters is 1. The van der Waals surface area contributed by atoms with Gasteiger partial charge in [-0.3, -0.25) is 4.79 Å². The Morgan fingerprint density at radius 2 is 2.03 bits per heavy atom. The summed E-state index contributed by atoms with van der Waals surface area (Å²) in [7, 11) is -1.22. The first kappa shape index (κ1) is 23.6. The number of aryl methyl sites for hydroxylation is 1. The van der Waals surface area contributed by atoms with Crippen molar-refractivity contribution in [2.24, 2.45) is 0 Å². The summed E-state index contributed by atoms with van der Waals surface area (Å²) in [6, 6.07) is 1.03. The molecule has 2 aromatic heterocycles. The predicted octanol–water partition coefficient (Wildman–Crippen LogP) is 4.94. The Balaban J connectivity index is 2.58. The van der Waals surface area contributed by atoms with E-state index in [2.05, 4.69) is 42.1 Å². The first-order chi connectivity index (χ1) is 13.6. The number of rotatable bonds is 10. The van der Waals surface area contributed by atoms with Gasteiger partial charge in [-0.15, -0.1) is 6.58 Å². The Hall–Kier alpha value is -1.64. The quantitative estimate of drug-likeness (QED) is 0.208. The van der Waals surface area contributed by atoms with Crippen molar-refractivity contribution in [1.82, 2.24) is 9.13 Å². The average Bonchev–Trinajstić information content (AvgIpc) is 2.93. The third kappa shape index (κ3) is 5.49. The predicted molar refractivity (Wildman–Crippen MR) is 124 cm³/mol. The topological polar surface area (TPSA) is 62.5 Å². The molecule has 0 aliphatic heterocycles. The summed E-state index contributed by atoms with van der Waals surface area (Å²) in [5.41, 5.74) is 1.38. The largest absolute Gasteiger partial charge is 0.462 e. The summed E-state index contributed by atoms with van der Waals surface area (Å²) in [6.07, 6.45) is 4.18. The number of ether oxygens (including phenoxy) is 2. The maximum absolute atomic E-state index is 13.2. The van der Waals surface area contributed by atoms with Gasteiger partial charge in [0, 0.05) is 43.0 Å². The molecule has 29 heavy (non-hydrogen) atoms. The van der Waals surface area contributed by atoms with E-state index >= 15 is 0 Å². The van der Waals surface area contributed by atoms with Gasteiger partial charge in [-0.25, -0.2) is 4.79 Å². The number of aromatic nitrogens is 2. The monoisotopic (exact) mass is 482 g/mol. The third-order valence-corrected chi connectivity index (χ3v) is 7.07. The number of halogens is 1. The fourth-order valence-corrected chi connectivity index (χ4v) is 4.52. The number of fused-ring (bicyclic) bond motifs is 1. The number of hydrogen-bond donors (Lipinski definition) is 0. The molecule has 0 aromatic carbocycles. The minimum Gasteiger partial charge on any atom is -0.462 e. The first-order valence-corrected chi connectivity index (χ1v) is 14.4. The standard InChI is InChI=1S/C21H31BrN2O4Si/c1-7-9-10-23-13-16(22)18-17(21(26)28-8-2)15(3)24(19(18)20(23)25)14-27-11-12-29(4,5)6/h7,13H,1,8-12,14H2,2-6H3. The van der Waals surface area contributed by atoms with Crippen molar-refractivity contribution in [3.8, 4) is 0 Å². The van der Waals surface area contributed by atoms with E-state index in [1.54, 1.807) is 28.3 Å². The molecule has 2 heterocycles. The lowest BCUT2D eigenvalue weighted by atomic mass is 10.1. The highest BCUT2D eigenvalue weighted by molar-refractivity contribution is 9.10. The zero-order valence-corrected chi connectivity index (χ0v) is 20.6. The number of carbonyl (C=O) groups is 1. The lowest BCUT2D eigenvalue weighted by Crippen LogP contribution is -2.24. The van der Waals surface area contributed by atoms with E-state index in [4.69, 9.17) is 9.47 Å². The molecule has 0 atom stereocenters. The van der Waals surface area contributed by atoms with Gasteiger partial charge in [0.15, 0.2) is 0 Å². The van der Waals surface area contributed by atoms with E-state index in [1.807, 2.05) is 6.92 Å². The van der Waals surface area contributed by atoms with Crippen LogP contribution in [0.3, 0.4) is 0 Å². The molecule has 0 spiro atoms. The molecule has 6 nitrogen and oxygen atoms in total. The van der Waals surface area contributed by atoms with E-state index in [-0.39, 0.29) is 18.9 Å². The summed E-state index contributed by atoms with van der Waals surface area (Å²) in [4.78, 5) is 25.9. The molecule has 0 fully saturated rings. The normalized spacial score (nSPS) is 11.8. The summed E-state index contributed by atoms with van der Waals surface area (Å²) in [5.74, 6) is -0.431. The number of carbonyl (C=O) groups excluding carboxylic acids is 1. The van der Waals surface area contributed by atoms with Gasteiger partial charge >= 0.3 is 5.97 Å². The fourth-order valence-electron chi connectivity index (χ4n) is 3.13. The molecular formula is C21H31BrN2O4Si. The number of pyridine rings is 1. The van der Waals surface area contributed by atoms with E-state index in [9.17, 15) is 9.59 Å². The van der Waals surface area contributed by atoms with Gasteiger partial charge < -0.3 is 18.6 Å². The SMILES string of the molecule is C=CCCn1cc(Br)c2c(C(=O)OCC)c(C)n(COCC[Si](C)(C)C)c2c1=O. The molecule has 0 bridgehead atoms. The Labute approximate surface area is 181 Å². The maximum Gasteiger partial charge on any atom is 0.340 e. The number of hydrogen-bond acceptors (Lipinski definition) is 4. The van der Waals surface area contributed by atoms with Crippen molar-refractivity contribution >= 4 is 40.9 Å². The third-order valence-electron chi connectivity index (χ3n) is 4.77. The van der Waals surface area contributed by atoms with Gasteiger partial charge in [-0.05, 0) is 42.2 Å². The van der Waals surface area contributed by atoms with Crippen molar-refractivity contribution in [2.75, 3.05) is 13.2 Å². The van der Waals surface area contributed by atoms with Gasteiger partial charge in [-0.1, -0.05) is 25.7 Å². The van der Waals surface area contributed by atoms with Crippen molar-refractivity contribution in [1.29, 1.82) is 0 Å². The summed E-state index contributed by atoms with van der Waals surface area (Å²) in [5, 5.41) is 0.578. The fraction of sp³-hybridized carbons (Fsp3) is 0.524. The molecule has 0 aliphatic rings. The van der Waals surface area contributed by atoms with Crippen molar-refractivity contribution in [3.05, 3.63) is 44.9 Å². The summed E-state index contributed by atoms with van der Waals surface area (Å²) < 4.78 is 15.3. The second-order valence-corrected chi connectivity index (χ2v) is 14.7. The molecule has 0 saturated heterocycles. The maximum atomic E-state index is 13.2. The molecule has 0 saturated carbocycles. The highest BCUT2D eigenvalue weighted by Crippen LogP contribution is 2.31. The van der Waals surface area contributed by atoms with Crippen LogP contribution in [0.15, 0.2) is 28.1 Å². The molecule has 0 amide bonds. The first-order valence-electron chi connectivity index (χ1n) is 9.89. The second kappa shape index (κ2) is 9.91. The van der Waals surface area contributed by atoms with E-state index < -0.39 is 14.0 Å². The summed E-state index contributed by atoms with van der Waals surface area (Å²) >= 11 is 3.56. The van der Waals surface area contributed by atoms with Gasteiger partial charge in [0.2, 0.25) is 0 Å². The molecule has 8 heteroatoms. The van der Waals surface area contributed by atoms with Crippen LogP contribution in [0, 0.1) is 6.92 Å². The van der Waals surface area contributed by atoms with Gasteiger partial charge in [0.1, 0.15) is 12.2 Å². The van der Waals surface area contributed by atoms with Crippen LogP contribution in [-0.4, -0.2) is 36.4 Å². The van der Waals surface area contributed by atoms with Crippen LogP contribution >= 0.6 is 15.9 Å².